The highest BCUT2D eigenvalue weighted by molar-refractivity contribution is 6.10. The molecule has 3 heteroatoms. The van der Waals surface area contributed by atoms with Crippen LogP contribution in [0, 0.1) is 0 Å². The number of fused-ring (bicyclic) bond motifs is 6. The number of benzene rings is 10. The summed E-state index contributed by atoms with van der Waals surface area (Å²) in [6.45, 7) is 0. The quantitative estimate of drug-likeness (QED) is 0.144. The van der Waals surface area contributed by atoms with E-state index < -0.39 is 5.41 Å². The summed E-state index contributed by atoms with van der Waals surface area (Å²) in [7, 11) is 0. The van der Waals surface area contributed by atoms with Gasteiger partial charge in [-0.05, 0) is 113 Å². The summed E-state index contributed by atoms with van der Waals surface area (Å²) < 4.78 is 2.44. The maximum Gasteiger partial charge on any atom is 0.0715 e. The number of rotatable bonds is 9. The largest absolute Gasteiger partial charge is 0.310 e. The number of aromatic nitrogens is 1. The van der Waals surface area contributed by atoms with Gasteiger partial charge in [0, 0.05) is 50.5 Å². The Kier molecular flexibility index (Phi) is 9.05. The van der Waals surface area contributed by atoms with Crippen molar-refractivity contribution in [3.8, 4) is 16.8 Å². The van der Waals surface area contributed by atoms with Gasteiger partial charge >= 0.3 is 0 Å². The third-order valence-electron chi connectivity index (χ3n) is 13.0. The Labute approximate surface area is 374 Å². The van der Waals surface area contributed by atoms with Gasteiger partial charge in [0.1, 0.15) is 0 Å². The van der Waals surface area contributed by atoms with Gasteiger partial charge in [0.15, 0.2) is 0 Å². The van der Waals surface area contributed by atoms with E-state index in [1.807, 2.05) is 0 Å². The topological polar surface area (TPSA) is 11.4 Å². The number of para-hydroxylation sites is 6. The van der Waals surface area contributed by atoms with E-state index in [1.54, 1.807) is 0 Å². The van der Waals surface area contributed by atoms with Crippen LogP contribution in [0.5, 0.6) is 0 Å². The summed E-state index contributed by atoms with van der Waals surface area (Å²) in [5.41, 5.74) is 16.6. The molecule has 0 bridgehead atoms. The van der Waals surface area contributed by atoms with Crippen molar-refractivity contribution in [3.05, 3.63) is 283 Å². The lowest BCUT2D eigenvalue weighted by Crippen LogP contribution is -2.29. The van der Waals surface area contributed by atoms with Crippen LogP contribution >= 0.6 is 0 Å². The summed E-state index contributed by atoms with van der Waals surface area (Å²) in [4.78, 5) is 4.86. The van der Waals surface area contributed by atoms with Gasteiger partial charge in [-0.15, -0.1) is 0 Å². The summed E-state index contributed by atoms with van der Waals surface area (Å²) >= 11 is 0. The molecule has 0 amide bonds. The third-order valence-corrected chi connectivity index (χ3v) is 13.0. The Balaban J connectivity index is 1.25. The van der Waals surface area contributed by atoms with Crippen LogP contribution in [0.3, 0.4) is 0 Å². The zero-order valence-electron chi connectivity index (χ0n) is 35.2. The van der Waals surface area contributed by atoms with Gasteiger partial charge in [-0.1, -0.05) is 176 Å². The van der Waals surface area contributed by atoms with E-state index in [-0.39, 0.29) is 0 Å². The number of nitrogens with zero attached hydrogens (tertiary/aromatic N) is 3. The minimum atomic E-state index is -0.720. The predicted octanol–water partition coefficient (Wildman–Crippen LogP) is 16.1. The van der Waals surface area contributed by atoms with Crippen molar-refractivity contribution >= 4 is 55.9 Å². The van der Waals surface area contributed by atoms with Gasteiger partial charge in [-0.25, -0.2) is 0 Å². The van der Waals surface area contributed by atoms with Crippen LogP contribution < -0.4 is 9.80 Å². The molecule has 1 aliphatic rings. The van der Waals surface area contributed by atoms with E-state index >= 15 is 0 Å². The van der Waals surface area contributed by atoms with E-state index in [2.05, 4.69) is 275 Å². The standard InChI is InChI=1S/C61H43N3/c1-7-23-44(24-8-1)61(45-39-40-53-52-35-20-22-38-57(52)64(58(53)41-45)50-33-17-6-18-34-50)55-37-21-19-36-54(55)60-56(61)42-51(62(46-25-9-2-10-26-46)47-27-11-3-12-28-47)43-59(60)63(48-29-13-4-14-30-48)49-31-15-5-16-32-49/h1-43H. The molecule has 64 heavy (non-hydrogen) atoms. The molecule has 3 nitrogen and oxygen atoms in total. The van der Waals surface area contributed by atoms with E-state index in [0.717, 1.165) is 39.8 Å². The van der Waals surface area contributed by atoms with Crippen LogP contribution in [0.2, 0.25) is 0 Å². The fraction of sp³-hybridized carbons (Fsp3) is 0.0164. The van der Waals surface area contributed by atoms with Crippen molar-refractivity contribution in [2.45, 2.75) is 5.41 Å². The third kappa shape index (κ3) is 5.90. The monoisotopic (exact) mass is 817 g/mol. The van der Waals surface area contributed by atoms with Gasteiger partial charge < -0.3 is 14.4 Å². The first-order chi connectivity index (χ1) is 31.8. The smallest absolute Gasteiger partial charge is 0.0715 e. The molecule has 0 aliphatic heterocycles. The first-order valence-corrected chi connectivity index (χ1v) is 22.0. The number of hydrogen-bond donors (Lipinski definition) is 0. The molecule has 1 aliphatic carbocycles. The highest BCUT2D eigenvalue weighted by Crippen LogP contribution is 2.61. The lowest BCUT2D eigenvalue weighted by Gasteiger charge is -2.36. The second-order valence-electron chi connectivity index (χ2n) is 16.5. The first-order valence-electron chi connectivity index (χ1n) is 22.0. The van der Waals surface area contributed by atoms with E-state index in [9.17, 15) is 0 Å². The maximum absolute atomic E-state index is 2.48. The Hall–Kier alpha value is -8.40. The molecule has 1 aromatic heterocycles. The van der Waals surface area contributed by atoms with E-state index in [4.69, 9.17) is 0 Å². The molecule has 302 valence electrons. The maximum atomic E-state index is 2.48. The molecule has 10 aromatic carbocycles. The van der Waals surface area contributed by atoms with Gasteiger partial charge in [-0.2, -0.15) is 0 Å². The Morgan fingerprint density at radius 1 is 0.312 bits per heavy atom. The van der Waals surface area contributed by atoms with Gasteiger partial charge in [0.2, 0.25) is 0 Å². The Morgan fingerprint density at radius 2 is 0.797 bits per heavy atom. The van der Waals surface area contributed by atoms with Crippen molar-refractivity contribution in [1.82, 2.24) is 4.57 Å². The van der Waals surface area contributed by atoms with Gasteiger partial charge in [0.05, 0.1) is 22.1 Å². The molecule has 0 radical (unpaired) electrons. The molecular formula is C61H43N3. The zero-order chi connectivity index (χ0) is 42.5. The average Bonchev–Trinajstić information content (AvgIpc) is 3.86. The van der Waals surface area contributed by atoms with Crippen LogP contribution in [0.15, 0.2) is 261 Å². The molecule has 0 saturated heterocycles. The molecular weight excluding hydrogens is 775 g/mol. The normalized spacial score (nSPS) is 14.0. The summed E-state index contributed by atoms with van der Waals surface area (Å²) in [5.74, 6) is 0. The van der Waals surface area contributed by atoms with E-state index in [1.165, 1.54) is 55.2 Å². The fourth-order valence-corrected chi connectivity index (χ4v) is 10.4. The molecule has 12 rings (SSSR count). The van der Waals surface area contributed by atoms with Crippen molar-refractivity contribution in [1.29, 1.82) is 0 Å². The fourth-order valence-electron chi connectivity index (χ4n) is 10.4. The number of hydrogen-bond acceptors (Lipinski definition) is 2. The molecule has 11 aromatic rings. The molecule has 0 spiro atoms. The zero-order valence-corrected chi connectivity index (χ0v) is 35.2. The van der Waals surface area contributed by atoms with Gasteiger partial charge in [-0.3, -0.25) is 0 Å². The molecule has 0 saturated carbocycles. The number of anilines is 6. The first kappa shape index (κ1) is 37.4. The Bertz CT molecular complexity index is 3340. The molecule has 1 heterocycles. The Morgan fingerprint density at radius 3 is 1.41 bits per heavy atom. The second kappa shape index (κ2) is 15.5. The van der Waals surface area contributed by atoms with Crippen molar-refractivity contribution in [2.75, 3.05) is 9.80 Å². The van der Waals surface area contributed by atoms with Crippen LogP contribution in [0.1, 0.15) is 22.3 Å². The predicted molar refractivity (Wildman–Crippen MR) is 267 cm³/mol. The molecule has 0 N–H and O–H groups in total. The second-order valence-corrected chi connectivity index (χ2v) is 16.5. The minimum absolute atomic E-state index is 0.720. The minimum Gasteiger partial charge on any atom is -0.310 e. The van der Waals surface area contributed by atoms with Gasteiger partial charge in [0.25, 0.3) is 0 Å². The van der Waals surface area contributed by atoms with Crippen LogP contribution in [-0.2, 0) is 5.41 Å². The van der Waals surface area contributed by atoms with Crippen molar-refractivity contribution in [3.63, 3.8) is 0 Å². The highest BCUT2D eigenvalue weighted by atomic mass is 15.2. The summed E-state index contributed by atoms with van der Waals surface area (Å²) in [6.07, 6.45) is 0. The van der Waals surface area contributed by atoms with Crippen LogP contribution in [0.25, 0.3) is 38.6 Å². The SMILES string of the molecule is c1ccc(N(c2ccccc2)c2cc(N(c3ccccc3)c3ccccc3)c3c(c2)C(c2ccccc2)(c2ccc4c5ccccc5n(-c5ccccc5)c4c2)c2ccccc2-3)cc1. The summed E-state index contributed by atoms with van der Waals surface area (Å²) in [5, 5.41) is 2.47. The molecule has 0 fully saturated rings. The van der Waals surface area contributed by atoms with Crippen LogP contribution in [0.4, 0.5) is 34.1 Å². The lowest BCUT2D eigenvalue weighted by molar-refractivity contribution is 0.769. The van der Waals surface area contributed by atoms with Crippen LogP contribution in [-0.4, -0.2) is 4.57 Å². The summed E-state index contributed by atoms with van der Waals surface area (Å²) in [6, 6.07) is 95.2. The molecule has 1 atom stereocenters. The average molecular weight is 818 g/mol. The molecule has 1 unspecified atom stereocenters. The van der Waals surface area contributed by atoms with Crippen molar-refractivity contribution < 1.29 is 0 Å². The lowest BCUT2D eigenvalue weighted by atomic mass is 9.67. The van der Waals surface area contributed by atoms with Crippen molar-refractivity contribution in [2.24, 2.45) is 0 Å². The van der Waals surface area contributed by atoms with E-state index in [0.29, 0.717) is 0 Å². The highest BCUT2D eigenvalue weighted by Gasteiger charge is 2.48.